The molecule has 4 nitrogen and oxygen atoms in total. The van der Waals surface area contributed by atoms with Crippen molar-refractivity contribution in [1.82, 2.24) is 10.3 Å². The Kier molecular flexibility index (Phi) is 1.93. The van der Waals surface area contributed by atoms with Gasteiger partial charge in [0.2, 0.25) is 0 Å². The molecule has 17 heavy (non-hydrogen) atoms. The Labute approximate surface area is 99.6 Å². The third-order valence-corrected chi connectivity index (χ3v) is 4.05. The summed E-state index contributed by atoms with van der Waals surface area (Å²) in [6.45, 7) is 3.43. The second-order valence-corrected chi connectivity index (χ2v) is 5.01. The molecule has 2 atom stereocenters. The molecule has 4 rings (SSSR count). The summed E-state index contributed by atoms with van der Waals surface area (Å²) in [4.78, 5) is 6.83. The number of hydrogen-bond donors (Lipinski definition) is 1. The molecule has 2 fully saturated rings. The Morgan fingerprint density at radius 3 is 3.29 bits per heavy atom. The van der Waals surface area contributed by atoms with Gasteiger partial charge in [-0.1, -0.05) is 0 Å². The van der Waals surface area contributed by atoms with E-state index < -0.39 is 0 Å². The van der Waals surface area contributed by atoms with Gasteiger partial charge in [0.15, 0.2) is 5.58 Å². The smallest absolute Gasteiger partial charge is 0.154 e. The SMILES string of the molecule is c1cc2ncc(N3CC[C@@H]4CN[C@@H]4C3)cc2o1. The van der Waals surface area contributed by atoms with E-state index in [1.54, 1.807) is 6.26 Å². The van der Waals surface area contributed by atoms with E-state index in [0.717, 1.165) is 30.1 Å². The molecule has 2 saturated heterocycles. The normalized spacial score (nSPS) is 27.9. The number of nitrogens with one attached hydrogen (secondary N) is 1. The van der Waals surface area contributed by atoms with Gasteiger partial charge in [0, 0.05) is 31.3 Å². The summed E-state index contributed by atoms with van der Waals surface area (Å²) in [6, 6.07) is 4.68. The molecular formula is C13H15N3O. The van der Waals surface area contributed by atoms with Gasteiger partial charge in [0.1, 0.15) is 5.52 Å². The van der Waals surface area contributed by atoms with E-state index in [2.05, 4.69) is 21.3 Å². The highest BCUT2D eigenvalue weighted by Crippen LogP contribution is 2.28. The van der Waals surface area contributed by atoms with Crippen molar-refractivity contribution in [3.8, 4) is 0 Å². The van der Waals surface area contributed by atoms with Crippen LogP contribution in [0, 0.1) is 5.92 Å². The van der Waals surface area contributed by atoms with Crippen LogP contribution in [0.2, 0.25) is 0 Å². The van der Waals surface area contributed by atoms with E-state index in [1.807, 2.05) is 12.3 Å². The molecule has 88 valence electrons. The predicted octanol–water partition coefficient (Wildman–Crippen LogP) is 1.63. The fourth-order valence-electron chi connectivity index (χ4n) is 2.86. The highest BCUT2D eigenvalue weighted by atomic mass is 16.3. The molecule has 2 aliphatic rings. The maximum absolute atomic E-state index is 5.41. The fourth-order valence-corrected chi connectivity index (χ4v) is 2.86. The number of furan rings is 1. The Morgan fingerprint density at radius 2 is 2.47 bits per heavy atom. The van der Waals surface area contributed by atoms with Crippen molar-refractivity contribution < 1.29 is 4.42 Å². The van der Waals surface area contributed by atoms with Crippen molar-refractivity contribution in [3.63, 3.8) is 0 Å². The Morgan fingerprint density at radius 1 is 1.47 bits per heavy atom. The summed E-state index contributed by atoms with van der Waals surface area (Å²) < 4.78 is 5.41. The molecule has 1 N–H and O–H groups in total. The van der Waals surface area contributed by atoms with Crippen LogP contribution >= 0.6 is 0 Å². The highest BCUT2D eigenvalue weighted by molar-refractivity contribution is 5.76. The van der Waals surface area contributed by atoms with E-state index in [9.17, 15) is 0 Å². The molecule has 0 saturated carbocycles. The summed E-state index contributed by atoms with van der Waals surface area (Å²) in [5.74, 6) is 0.895. The zero-order valence-corrected chi connectivity index (χ0v) is 9.60. The molecule has 4 heteroatoms. The second kappa shape index (κ2) is 3.47. The number of piperidine rings is 1. The molecule has 0 aromatic carbocycles. The Hall–Kier alpha value is -1.55. The largest absolute Gasteiger partial charge is 0.463 e. The summed E-state index contributed by atoms with van der Waals surface area (Å²) in [7, 11) is 0. The zero-order chi connectivity index (χ0) is 11.2. The summed E-state index contributed by atoms with van der Waals surface area (Å²) in [5.41, 5.74) is 3.00. The minimum Gasteiger partial charge on any atom is -0.463 e. The van der Waals surface area contributed by atoms with Gasteiger partial charge in [-0.05, 0) is 18.9 Å². The van der Waals surface area contributed by atoms with Crippen molar-refractivity contribution >= 4 is 16.8 Å². The molecule has 2 aromatic rings. The molecule has 0 unspecified atom stereocenters. The number of hydrogen-bond acceptors (Lipinski definition) is 4. The molecule has 2 aliphatic heterocycles. The van der Waals surface area contributed by atoms with Crippen LogP contribution in [-0.2, 0) is 0 Å². The molecule has 2 aromatic heterocycles. The van der Waals surface area contributed by atoms with E-state index in [0.29, 0.717) is 6.04 Å². The van der Waals surface area contributed by atoms with Crippen molar-refractivity contribution in [2.45, 2.75) is 12.5 Å². The van der Waals surface area contributed by atoms with Gasteiger partial charge < -0.3 is 14.6 Å². The lowest BCUT2D eigenvalue weighted by molar-refractivity contribution is 0.197. The van der Waals surface area contributed by atoms with Gasteiger partial charge in [0.25, 0.3) is 0 Å². The first-order chi connectivity index (χ1) is 8.40. The first-order valence-electron chi connectivity index (χ1n) is 6.22. The molecule has 0 aliphatic carbocycles. The van der Waals surface area contributed by atoms with Crippen LogP contribution in [0.3, 0.4) is 0 Å². The lowest BCUT2D eigenvalue weighted by Crippen LogP contribution is -2.62. The summed E-state index contributed by atoms with van der Waals surface area (Å²) >= 11 is 0. The number of fused-ring (bicyclic) bond motifs is 2. The van der Waals surface area contributed by atoms with Gasteiger partial charge in [-0.2, -0.15) is 0 Å². The van der Waals surface area contributed by atoms with Crippen LogP contribution in [0.25, 0.3) is 11.1 Å². The number of anilines is 1. The van der Waals surface area contributed by atoms with Crippen LogP contribution in [0.4, 0.5) is 5.69 Å². The van der Waals surface area contributed by atoms with Gasteiger partial charge in [-0.3, -0.25) is 4.98 Å². The zero-order valence-electron chi connectivity index (χ0n) is 9.60. The van der Waals surface area contributed by atoms with Crippen molar-refractivity contribution in [2.24, 2.45) is 5.92 Å². The number of pyridine rings is 1. The van der Waals surface area contributed by atoms with Crippen LogP contribution in [0.1, 0.15) is 6.42 Å². The van der Waals surface area contributed by atoms with E-state index >= 15 is 0 Å². The van der Waals surface area contributed by atoms with Crippen LogP contribution < -0.4 is 10.2 Å². The molecular weight excluding hydrogens is 214 g/mol. The monoisotopic (exact) mass is 229 g/mol. The van der Waals surface area contributed by atoms with Crippen LogP contribution in [0.15, 0.2) is 29.0 Å². The lowest BCUT2D eigenvalue weighted by Gasteiger charge is -2.46. The molecule has 4 heterocycles. The number of rotatable bonds is 1. The minimum absolute atomic E-state index is 0.677. The van der Waals surface area contributed by atoms with Gasteiger partial charge >= 0.3 is 0 Å². The van der Waals surface area contributed by atoms with Crippen molar-refractivity contribution in [1.29, 1.82) is 0 Å². The van der Waals surface area contributed by atoms with E-state index in [4.69, 9.17) is 4.42 Å². The molecule has 0 amide bonds. The summed E-state index contributed by atoms with van der Waals surface area (Å²) in [6.07, 6.45) is 4.94. The summed E-state index contributed by atoms with van der Waals surface area (Å²) in [5, 5.41) is 3.49. The third-order valence-electron chi connectivity index (χ3n) is 4.05. The average Bonchev–Trinajstić information content (AvgIpc) is 2.78. The van der Waals surface area contributed by atoms with Gasteiger partial charge in [-0.15, -0.1) is 0 Å². The van der Waals surface area contributed by atoms with Crippen molar-refractivity contribution in [2.75, 3.05) is 24.5 Å². The van der Waals surface area contributed by atoms with Gasteiger partial charge in [-0.25, -0.2) is 0 Å². The number of nitrogens with zero attached hydrogens (tertiary/aromatic N) is 2. The standard InChI is InChI=1S/C13H15N3O/c1-3-16(8-12-9(1)6-14-12)10-5-13-11(15-7-10)2-4-17-13/h2,4-5,7,9,12,14H,1,3,6,8H2/t9-,12-/m1/s1. The highest BCUT2D eigenvalue weighted by Gasteiger charge is 2.35. The molecule has 0 spiro atoms. The maximum Gasteiger partial charge on any atom is 0.154 e. The number of aromatic nitrogens is 1. The Bertz CT molecular complexity index is 550. The first-order valence-corrected chi connectivity index (χ1v) is 6.22. The van der Waals surface area contributed by atoms with E-state index in [1.165, 1.54) is 18.7 Å². The lowest BCUT2D eigenvalue weighted by atomic mass is 9.85. The van der Waals surface area contributed by atoms with Crippen LogP contribution in [-0.4, -0.2) is 30.7 Å². The van der Waals surface area contributed by atoms with E-state index in [-0.39, 0.29) is 0 Å². The fraction of sp³-hybridized carbons (Fsp3) is 0.462. The van der Waals surface area contributed by atoms with Crippen molar-refractivity contribution in [3.05, 3.63) is 24.6 Å². The Balaban J connectivity index is 1.64. The molecule has 0 bridgehead atoms. The molecule has 0 radical (unpaired) electrons. The second-order valence-electron chi connectivity index (χ2n) is 5.01. The topological polar surface area (TPSA) is 41.3 Å². The predicted molar refractivity (Wildman–Crippen MR) is 66.1 cm³/mol. The minimum atomic E-state index is 0.677. The first kappa shape index (κ1) is 9.48. The third kappa shape index (κ3) is 1.44. The average molecular weight is 229 g/mol. The van der Waals surface area contributed by atoms with Gasteiger partial charge in [0.05, 0.1) is 18.1 Å². The van der Waals surface area contributed by atoms with Crippen LogP contribution in [0.5, 0.6) is 0 Å². The quantitative estimate of drug-likeness (QED) is 0.807. The maximum atomic E-state index is 5.41.